The third-order valence-corrected chi connectivity index (χ3v) is 7.71. The summed E-state index contributed by atoms with van der Waals surface area (Å²) >= 11 is 0. The second kappa shape index (κ2) is 11.8. The van der Waals surface area contributed by atoms with Crippen molar-refractivity contribution in [1.29, 1.82) is 0 Å². The van der Waals surface area contributed by atoms with Crippen LogP contribution in [0.15, 0.2) is 64.7 Å². The number of piperidine rings is 1. The SMILES string of the molecule is Cc1ccc(S(=O)(=O)NCC(=O)N/N=C/c2cn(CC(O)CN3CCCCC3)c3ccccc23)cc1. The van der Waals surface area contributed by atoms with Crippen LogP contribution in [0.4, 0.5) is 0 Å². The number of nitrogens with zero attached hydrogens (tertiary/aromatic N) is 3. The number of aliphatic hydroxyl groups excluding tert-OH is 1. The van der Waals surface area contributed by atoms with E-state index in [1.165, 1.54) is 37.6 Å². The van der Waals surface area contributed by atoms with Crippen LogP contribution in [0.5, 0.6) is 0 Å². The van der Waals surface area contributed by atoms with Crippen molar-refractivity contribution in [3.8, 4) is 0 Å². The van der Waals surface area contributed by atoms with Gasteiger partial charge in [0.1, 0.15) is 0 Å². The Morgan fingerprint density at radius 2 is 1.81 bits per heavy atom. The number of para-hydroxylation sites is 1. The molecular formula is C26H33N5O4S. The first-order valence-corrected chi connectivity index (χ1v) is 13.7. The summed E-state index contributed by atoms with van der Waals surface area (Å²) in [5.41, 5.74) is 5.07. The molecule has 3 N–H and O–H groups in total. The first kappa shape index (κ1) is 26.0. The number of carbonyl (C=O) groups is 1. The third kappa shape index (κ3) is 6.79. The van der Waals surface area contributed by atoms with Crippen molar-refractivity contribution < 1.29 is 18.3 Å². The number of aliphatic hydroxyl groups is 1. The van der Waals surface area contributed by atoms with E-state index in [0.29, 0.717) is 13.1 Å². The van der Waals surface area contributed by atoms with E-state index in [0.717, 1.165) is 35.1 Å². The highest BCUT2D eigenvalue weighted by Gasteiger charge is 2.17. The molecule has 1 atom stereocenters. The van der Waals surface area contributed by atoms with E-state index < -0.39 is 28.6 Å². The van der Waals surface area contributed by atoms with Gasteiger partial charge in [-0.25, -0.2) is 18.6 Å². The van der Waals surface area contributed by atoms with Crippen molar-refractivity contribution in [1.82, 2.24) is 19.6 Å². The second-order valence-electron chi connectivity index (χ2n) is 9.20. The molecule has 1 unspecified atom stereocenters. The summed E-state index contributed by atoms with van der Waals surface area (Å²) in [6.45, 7) is 4.59. The molecule has 2 aromatic carbocycles. The number of benzene rings is 2. The highest BCUT2D eigenvalue weighted by atomic mass is 32.2. The van der Waals surface area contributed by atoms with Crippen LogP contribution in [0, 0.1) is 6.92 Å². The van der Waals surface area contributed by atoms with E-state index in [1.54, 1.807) is 12.1 Å². The average molecular weight is 512 g/mol. The molecule has 36 heavy (non-hydrogen) atoms. The molecule has 3 aromatic rings. The Hall–Kier alpha value is -3.05. The summed E-state index contributed by atoms with van der Waals surface area (Å²) in [6.07, 6.45) is 6.55. The molecule has 2 heterocycles. The van der Waals surface area contributed by atoms with Crippen molar-refractivity contribution in [2.45, 2.75) is 43.7 Å². The van der Waals surface area contributed by atoms with Gasteiger partial charge in [-0.05, 0) is 51.1 Å². The summed E-state index contributed by atoms with van der Waals surface area (Å²) < 4.78 is 29.0. The Bertz CT molecular complexity index is 1310. The maximum absolute atomic E-state index is 12.4. The lowest BCUT2D eigenvalue weighted by Crippen LogP contribution is -2.37. The predicted molar refractivity (Wildman–Crippen MR) is 140 cm³/mol. The first-order chi connectivity index (χ1) is 17.3. The van der Waals surface area contributed by atoms with E-state index in [4.69, 9.17) is 0 Å². The fraction of sp³-hybridized carbons (Fsp3) is 0.385. The van der Waals surface area contributed by atoms with Gasteiger partial charge in [-0.2, -0.15) is 5.10 Å². The second-order valence-corrected chi connectivity index (χ2v) is 11.0. The van der Waals surface area contributed by atoms with Crippen molar-refractivity contribution in [3.05, 3.63) is 65.9 Å². The van der Waals surface area contributed by atoms with Crippen LogP contribution in [0.3, 0.4) is 0 Å². The molecule has 4 rings (SSSR count). The van der Waals surface area contributed by atoms with Gasteiger partial charge in [-0.3, -0.25) is 4.79 Å². The Labute approximate surface area is 211 Å². The van der Waals surface area contributed by atoms with Gasteiger partial charge in [0.25, 0.3) is 5.91 Å². The van der Waals surface area contributed by atoms with Crippen LogP contribution in [-0.4, -0.2) is 67.4 Å². The number of hydrazone groups is 1. The minimum atomic E-state index is -3.79. The molecule has 1 aliphatic rings. The number of aromatic nitrogens is 1. The van der Waals surface area contributed by atoms with Gasteiger partial charge < -0.3 is 14.6 Å². The molecule has 1 fully saturated rings. The number of β-amino-alcohol motifs (C(OH)–C–C–N with tert-alkyl or cyclic N) is 1. The lowest BCUT2D eigenvalue weighted by Gasteiger charge is -2.28. The molecule has 0 radical (unpaired) electrons. The molecule has 1 saturated heterocycles. The molecular weight excluding hydrogens is 478 g/mol. The molecule has 0 spiro atoms. The predicted octanol–water partition coefficient (Wildman–Crippen LogP) is 2.23. The summed E-state index contributed by atoms with van der Waals surface area (Å²) in [7, 11) is -3.79. The van der Waals surface area contributed by atoms with Crippen molar-refractivity contribution in [2.24, 2.45) is 5.10 Å². The number of likely N-dealkylation sites (tertiary alicyclic amines) is 1. The van der Waals surface area contributed by atoms with E-state index in [-0.39, 0.29) is 4.90 Å². The summed E-state index contributed by atoms with van der Waals surface area (Å²) in [5, 5.41) is 15.6. The monoisotopic (exact) mass is 511 g/mol. The van der Waals surface area contributed by atoms with Crippen molar-refractivity contribution in [3.63, 3.8) is 0 Å². The molecule has 0 bridgehead atoms. The normalized spacial score (nSPS) is 15.9. The van der Waals surface area contributed by atoms with E-state index in [9.17, 15) is 18.3 Å². The van der Waals surface area contributed by atoms with E-state index in [1.807, 2.05) is 42.0 Å². The minimum Gasteiger partial charge on any atom is -0.390 e. The maximum Gasteiger partial charge on any atom is 0.255 e. The van der Waals surface area contributed by atoms with Gasteiger partial charge in [0.05, 0.1) is 23.8 Å². The highest BCUT2D eigenvalue weighted by Crippen LogP contribution is 2.21. The van der Waals surface area contributed by atoms with Crippen LogP contribution in [-0.2, 0) is 21.4 Å². The number of hydrogen-bond donors (Lipinski definition) is 3. The minimum absolute atomic E-state index is 0.0969. The van der Waals surface area contributed by atoms with Crippen LogP contribution >= 0.6 is 0 Å². The summed E-state index contributed by atoms with van der Waals surface area (Å²) in [4.78, 5) is 14.6. The fourth-order valence-electron chi connectivity index (χ4n) is 4.43. The third-order valence-electron chi connectivity index (χ3n) is 6.29. The molecule has 1 aliphatic heterocycles. The molecule has 9 nitrogen and oxygen atoms in total. The lowest BCUT2D eigenvalue weighted by atomic mass is 10.1. The van der Waals surface area contributed by atoms with Gasteiger partial charge in [0.15, 0.2) is 0 Å². The molecule has 0 saturated carbocycles. The fourth-order valence-corrected chi connectivity index (χ4v) is 5.41. The zero-order chi connectivity index (χ0) is 25.5. The maximum atomic E-state index is 12.4. The van der Waals surface area contributed by atoms with E-state index >= 15 is 0 Å². The van der Waals surface area contributed by atoms with Gasteiger partial charge in [0, 0.05) is 35.8 Å². The number of fused-ring (bicyclic) bond motifs is 1. The highest BCUT2D eigenvalue weighted by molar-refractivity contribution is 7.89. The van der Waals surface area contributed by atoms with Crippen LogP contribution in [0.25, 0.3) is 10.9 Å². The van der Waals surface area contributed by atoms with E-state index in [2.05, 4.69) is 20.1 Å². The number of amides is 1. The molecule has 10 heteroatoms. The largest absolute Gasteiger partial charge is 0.390 e. The number of nitrogens with one attached hydrogen (secondary N) is 2. The Kier molecular flexibility index (Phi) is 8.52. The quantitative estimate of drug-likeness (QED) is 0.285. The van der Waals surface area contributed by atoms with Crippen LogP contribution < -0.4 is 10.1 Å². The lowest BCUT2D eigenvalue weighted by molar-refractivity contribution is -0.119. The Balaban J connectivity index is 1.35. The topological polar surface area (TPSA) is 116 Å². The number of rotatable bonds is 10. The number of hydrogen-bond acceptors (Lipinski definition) is 6. The molecule has 1 aromatic heterocycles. The van der Waals surface area contributed by atoms with Crippen molar-refractivity contribution in [2.75, 3.05) is 26.2 Å². The Morgan fingerprint density at radius 1 is 1.08 bits per heavy atom. The Morgan fingerprint density at radius 3 is 2.56 bits per heavy atom. The standard InChI is InChI=1S/C26H33N5O4S/c1-20-9-11-23(12-10-20)36(34,35)28-16-26(33)29-27-15-21-17-31(25-8-4-3-7-24(21)25)19-22(32)18-30-13-5-2-6-14-30/h3-4,7-12,15,17,22,28,32H,2,5-6,13-14,16,18-19H2,1H3,(H,29,33)/b27-15+. The van der Waals surface area contributed by atoms with Gasteiger partial charge >= 0.3 is 0 Å². The summed E-state index contributed by atoms with van der Waals surface area (Å²) in [6, 6.07) is 14.2. The van der Waals surface area contributed by atoms with Crippen molar-refractivity contribution >= 4 is 33.0 Å². The zero-order valence-electron chi connectivity index (χ0n) is 20.4. The number of sulfonamides is 1. The van der Waals surface area contributed by atoms with Crippen LogP contribution in [0.1, 0.15) is 30.4 Å². The van der Waals surface area contributed by atoms with Gasteiger partial charge in [-0.15, -0.1) is 0 Å². The van der Waals surface area contributed by atoms with Gasteiger partial charge in [-0.1, -0.05) is 42.3 Å². The molecule has 192 valence electrons. The van der Waals surface area contributed by atoms with Crippen LogP contribution in [0.2, 0.25) is 0 Å². The number of aryl methyl sites for hydroxylation is 1. The smallest absolute Gasteiger partial charge is 0.255 e. The average Bonchev–Trinajstić information content (AvgIpc) is 3.21. The molecule has 1 amide bonds. The molecule has 0 aliphatic carbocycles. The number of carbonyl (C=O) groups excluding carboxylic acids is 1. The zero-order valence-corrected chi connectivity index (χ0v) is 21.2. The van der Waals surface area contributed by atoms with Gasteiger partial charge in [0.2, 0.25) is 10.0 Å². The first-order valence-electron chi connectivity index (χ1n) is 12.2. The summed E-state index contributed by atoms with van der Waals surface area (Å²) in [5.74, 6) is -0.581.